The summed E-state index contributed by atoms with van der Waals surface area (Å²) in [7, 11) is 0. The SMILES string of the molecule is CSc1cccc(SCc2cc(C)cc(C)c2)c1C(=N)N. The van der Waals surface area contributed by atoms with Crippen molar-refractivity contribution in [3.05, 3.63) is 58.7 Å². The van der Waals surface area contributed by atoms with Gasteiger partial charge in [0.1, 0.15) is 5.84 Å². The second kappa shape index (κ2) is 7.05. The molecule has 110 valence electrons. The van der Waals surface area contributed by atoms with Crippen molar-refractivity contribution >= 4 is 29.4 Å². The minimum Gasteiger partial charge on any atom is -0.384 e. The number of benzene rings is 2. The minimum absolute atomic E-state index is 0.142. The lowest BCUT2D eigenvalue weighted by atomic mass is 10.1. The van der Waals surface area contributed by atoms with Crippen LogP contribution in [-0.2, 0) is 5.75 Å². The standard InChI is InChI=1S/C17H20N2S2/c1-11-7-12(2)9-13(8-11)10-21-15-6-4-5-14(20-3)16(15)17(18)19/h4-9H,10H2,1-3H3,(H3,18,19). The third kappa shape index (κ3) is 4.05. The average molecular weight is 316 g/mol. The Bertz CT molecular complexity index is 646. The number of hydrogen-bond acceptors (Lipinski definition) is 3. The van der Waals surface area contributed by atoms with Gasteiger partial charge in [0.15, 0.2) is 0 Å². The van der Waals surface area contributed by atoms with E-state index in [1.807, 2.05) is 24.5 Å². The van der Waals surface area contributed by atoms with Crippen LogP contribution < -0.4 is 5.73 Å². The van der Waals surface area contributed by atoms with E-state index >= 15 is 0 Å². The van der Waals surface area contributed by atoms with Crippen LogP contribution in [0.4, 0.5) is 0 Å². The maximum absolute atomic E-state index is 7.82. The number of amidine groups is 1. The van der Waals surface area contributed by atoms with Gasteiger partial charge < -0.3 is 5.73 Å². The van der Waals surface area contributed by atoms with Crippen molar-refractivity contribution in [2.45, 2.75) is 29.4 Å². The molecule has 0 aromatic heterocycles. The van der Waals surface area contributed by atoms with Crippen molar-refractivity contribution < 1.29 is 0 Å². The van der Waals surface area contributed by atoms with Crippen LogP contribution in [0.1, 0.15) is 22.3 Å². The van der Waals surface area contributed by atoms with E-state index in [4.69, 9.17) is 11.1 Å². The lowest BCUT2D eigenvalue weighted by molar-refractivity contribution is 1.24. The molecule has 2 aromatic carbocycles. The number of aryl methyl sites for hydroxylation is 2. The van der Waals surface area contributed by atoms with Gasteiger partial charge in [-0.15, -0.1) is 23.5 Å². The van der Waals surface area contributed by atoms with Gasteiger partial charge in [-0.2, -0.15) is 0 Å². The predicted molar refractivity (Wildman–Crippen MR) is 94.7 cm³/mol. The highest BCUT2D eigenvalue weighted by Gasteiger charge is 2.11. The van der Waals surface area contributed by atoms with Crippen molar-refractivity contribution in [3.8, 4) is 0 Å². The van der Waals surface area contributed by atoms with Crippen molar-refractivity contribution in [1.82, 2.24) is 0 Å². The first-order chi connectivity index (χ1) is 10.0. The first-order valence-electron chi connectivity index (χ1n) is 6.72. The van der Waals surface area contributed by atoms with Crippen LogP contribution in [0.15, 0.2) is 46.2 Å². The Labute approximate surface area is 135 Å². The smallest absolute Gasteiger partial charge is 0.125 e. The summed E-state index contributed by atoms with van der Waals surface area (Å²) >= 11 is 3.37. The quantitative estimate of drug-likeness (QED) is 0.481. The maximum atomic E-state index is 7.82. The highest BCUT2D eigenvalue weighted by molar-refractivity contribution is 7.99. The molecule has 21 heavy (non-hydrogen) atoms. The third-order valence-electron chi connectivity index (χ3n) is 3.15. The molecule has 2 nitrogen and oxygen atoms in total. The summed E-state index contributed by atoms with van der Waals surface area (Å²) in [6.07, 6.45) is 2.01. The Balaban J connectivity index is 2.25. The Kier molecular flexibility index (Phi) is 5.37. The zero-order chi connectivity index (χ0) is 15.4. The van der Waals surface area contributed by atoms with Crippen LogP contribution in [0.2, 0.25) is 0 Å². The van der Waals surface area contributed by atoms with Crippen LogP contribution in [0.5, 0.6) is 0 Å². The predicted octanol–water partition coefficient (Wildman–Crippen LogP) is 4.60. The topological polar surface area (TPSA) is 49.9 Å². The number of nitrogens with two attached hydrogens (primary N) is 1. The van der Waals surface area contributed by atoms with E-state index < -0.39 is 0 Å². The molecule has 0 spiro atoms. The van der Waals surface area contributed by atoms with Crippen LogP contribution in [0.3, 0.4) is 0 Å². The number of hydrogen-bond donors (Lipinski definition) is 2. The van der Waals surface area contributed by atoms with Gasteiger partial charge in [-0.25, -0.2) is 0 Å². The number of nitrogens with one attached hydrogen (secondary N) is 1. The van der Waals surface area contributed by atoms with Crippen LogP contribution in [0.25, 0.3) is 0 Å². The van der Waals surface area contributed by atoms with Crippen LogP contribution >= 0.6 is 23.5 Å². The fraction of sp³-hybridized carbons (Fsp3) is 0.235. The van der Waals surface area contributed by atoms with Crippen LogP contribution in [0, 0.1) is 19.3 Å². The molecule has 0 atom stereocenters. The van der Waals surface area contributed by atoms with Crippen molar-refractivity contribution in [1.29, 1.82) is 5.41 Å². The minimum atomic E-state index is 0.142. The molecule has 0 heterocycles. The summed E-state index contributed by atoms with van der Waals surface area (Å²) < 4.78 is 0. The molecular formula is C17H20N2S2. The first-order valence-corrected chi connectivity index (χ1v) is 8.93. The van der Waals surface area contributed by atoms with E-state index in [1.165, 1.54) is 16.7 Å². The van der Waals surface area contributed by atoms with E-state index in [9.17, 15) is 0 Å². The molecule has 2 rings (SSSR count). The van der Waals surface area contributed by atoms with Gasteiger partial charge in [-0.3, -0.25) is 5.41 Å². The lowest BCUT2D eigenvalue weighted by Gasteiger charge is -2.12. The summed E-state index contributed by atoms with van der Waals surface area (Å²) in [4.78, 5) is 2.14. The summed E-state index contributed by atoms with van der Waals surface area (Å²) in [5.41, 5.74) is 10.5. The fourth-order valence-corrected chi connectivity index (χ4v) is 4.11. The van der Waals surface area contributed by atoms with Crippen molar-refractivity contribution in [2.24, 2.45) is 5.73 Å². The summed E-state index contributed by atoms with van der Waals surface area (Å²) in [6, 6.07) is 12.7. The number of nitrogen functional groups attached to an aromatic ring is 1. The van der Waals surface area contributed by atoms with Gasteiger partial charge in [-0.05, 0) is 37.8 Å². The fourth-order valence-electron chi connectivity index (χ4n) is 2.38. The molecule has 0 saturated carbocycles. The molecule has 4 heteroatoms. The second-order valence-electron chi connectivity index (χ2n) is 5.03. The van der Waals surface area contributed by atoms with E-state index in [-0.39, 0.29) is 5.84 Å². The van der Waals surface area contributed by atoms with E-state index in [2.05, 4.69) is 32.0 Å². The second-order valence-corrected chi connectivity index (χ2v) is 6.90. The first kappa shape index (κ1) is 16.0. The van der Waals surface area contributed by atoms with Gasteiger partial charge in [0.05, 0.1) is 0 Å². The van der Waals surface area contributed by atoms with Gasteiger partial charge in [0, 0.05) is 21.1 Å². The molecule has 0 radical (unpaired) electrons. The molecule has 2 aromatic rings. The molecule has 0 unspecified atom stereocenters. The average Bonchev–Trinajstić information content (AvgIpc) is 2.43. The van der Waals surface area contributed by atoms with Crippen molar-refractivity contribution in [3.63, 3.8) is 0 Å². The molecule has 3 N–H and O–H groups in total. The summed E-state index contributed by atoms with van der Waals surface area (Å²) in [6.45, 7) is 4.24. The van der Waals surface area contributed by atoms with Gasteiger partial charge >= 0.3 is 0 Å². The largest absolute Gasteiger partial charge is 0.384 e. The highest BCUT2D eigenvalue weighted by atomic mass is 32.2. The third-order valence-corrected chi connectivity index (χ3v) is 5.06. The number of thioether (sulfide) groups is 2. The van der Waals surface area contributed by atoms with Gasteiger partial charge in [0.2, 0.25) is 0 Å². The lowest BCUT2D eigenvalue weighted by Crippen LogP contribution is -2.13. The molecular weight excluding hydrogens is 296 g/mol. The molecule has 0 bridgehead atoms. The zero-order valence-corrected chi connectivity index (χ0v) is 14.2. The molecule has 0 saturated heterocycles. The molecule has 0 aliphatic rings. The molecule has 0 aliphatic carbocycles. The molecule has 0 amide bonds. The monoisotopic (exact) mass is 316 g/mol. The molecule has 0 fully saturated rings. The van der Waals surface area contributed by atoms with Crippen molar-refractivity contribution in [2.75, 3.05) is 6.26 Å². The Morgan fingerprint density at radius 2 is 1.71 bits per heavy atom. The normalized spacial score (nSPS) is 10.6. The Morgan fingerprint density at radius 3 is 2.29 bits per heavy atom. The van der Waals surface area contributed by atoms with E-state index in [0.29, 0.717) is 0 Å². The highest BCUT2D eigenvalue weighted by Crippen LogP contribution is 2.32. The Morgan fingerprint density at radius 1 is 1.10 bits per heavy atom. The summed E-state index contributed by atoms with van der Waals surface area (Å²) in [5, 5.41) is 7.82. The van der Waals surface area contributed by atoms with Crippen LogP contribution in [-0.4, -0.2) is 12.1 Å². The van der Waals surface area contributed by atoms with Gasteiger partial charge in [-0.1, -0.05) is 35.4 Å². The Hall–Kier alpha value is -1.39. The zero-order valence-electron chi connectivity index (χ0n) is 12.6. The van der Waals surface area contributed by atoms with E-state index in [0.717, 1.165) is 21.1 Å². The summed E-state index contributed by atoms with van der Waals surface area (Å²) in [5.74, 6) is 1.03. The number of rotatable bonds is 5. The maximum Gasteiger partial charge on any atom is 0.125 e. The van der Waals surface area contributed by atoms with E-state index in [1.54, 1.807) is 23.5 Å². The van der Waals surface area contributed by atoms with Gasteiger partial charge in [0.25, 0.3) is 0 Å². The molecule has 0 aliphatic heterocycles.